The average Bonchev–Trinajstić information content (AvgIpc) is 3.60. The Morgan fingerprint density at radius 3 is 1.38 bits per heavy atom. The summed E-state index contributed by atoms with van der Waals surface area (Å²) in [6.45, 7) is 7.90. The van der Waals surface area contributed by atoms with Crippen molar-refractivity contribution < 1.29 is 43.1 Å². The van der Waals surface area contributed by atoms with Crippen LogP contribution in [-0.2, 0) is 13.1 Å². The first-order valence-corrected chi connectivity index (χ1v) is 14.5. The molecule has 208 valence electrons. The summed E-state index contributed by atoms with van der Waals surface area (Å²) in [5, 5.41) is 30.3. The van der Waals surface area contributed by atoms with Crippen molar-refractivity contribution in [2.75, 3.05) is 23.7 Å². The molecule has 0 bridgehead atoms. The van der Waals surface area contributed by atoms with Crippen molar-refractivity contribution in [2.45, 2.75) is 46.2 Å². The summed E-state index contributed by atoms with van der Waals surface area (Å²) in [7, 11) is 0. The Morgan fingerprint density at radius 2 is 1.00 bits per heavy atom. The maximum Gasteiger partial charge on any atom is 0.408 e. The number of halogens is 2. The summed E-state index contributed by atoms with van der Waals surface area (Å²) in [5.41, 5.74) is 3.93. The summed E-state index contributed by atoms with van der Waals surface area (Å²) >= 11 is 3.19. The SMILES string of the molecule is CC[n+]1ccsc1N=Nc1ccc(NCCCCCNc2ccc(N=Nc3scc[n+]3CC)cc2)cc1.[Br-].[Br-]. The molecule has 2 aromatic heterocycles. The van der Waals surface area contributed by atoms with Gasteiger partial charge in [0.2, 0.25) is 0 Å². The number of anilines is 2. The third-order valence-corrected chi connectivity index (χ3v) is 7.32. The Bertz CT molecular complexity index is 1190. The molecule has 0 saturated carbocycles. The van der Waals surface area contributed by atoms with Crippen molar-refractivity contribution in [1.82, 2.24) is 0 Å². The van der Waals surface area contributed by atoms with E-state index in [2.05, 4.69) is 78.3 Å². The van der Waals surface area contributed by atoms with Crippen LogP contribution in [-0.4, -0.2) is 13.1 Å². The van der Waals surface area contributed by atoms with Gasteiger partial charge in [0.25, 0.3) is 0 Å². The Morgan fingerprint density at radius 1 is 0.590 bits per heavy atom. The number of thiazole rings is 2. The maximum atomic E-state index is 4.36. The minimum atomic E-state index is 0. The van der Waals surface area contributed by atoms with Crippen LogP contribution in [0.2, 0.25) is 0 Å². The second-order valence-electron chi connectivity index (χ2n) is 8.35. The molecule has 39 heavy (non-hydrogen) atoms. The molecule has 0 saturated heterocycles. The van der Waals surface area contributed by atoms with Gasteiger partial charge in [-0.1, -0.05) is 0 Å². The number of aromatic nitrogens is 2. The molecule has 0 unspecified atom stereocenters. The number of hydrogen-bond donors (Lipinski definition) is 2. The van der Waals surface area contributed by atoms with Gasteiger partial charge >= 0.3 is 10.3 Å². The second kappa shape index (κ2) is 17.9. The molecule has 4 rings (SSSR count). The van der Waals surface area contributed by atoms with Gasteiger partial charge in [0, 0.05) is 35.2 Å². The molecule has 8 nitrogen and oxygen atoms in total. The lowest BCUT2D eigenvalue weighted by Crippen LogP contribution is -3.00. The number of nitrogens with zero attached hydrogens (tertiary/aromatic N) is 6. The van der Waals surface area contributed by atoms with Gasteiger partial charge in [-0.3, -0.25) is 0 Å². The molecule has 12 heteroatoms. The molecule has 0 aliphatic rings. The second-order valence-corrected chi connectivity index (χ2v) is 10.1. The number of hydrogen-bond acceptors (Lipinski definition) is 8. The minimum Gasteiger partial charge on any atom is -1.00 e. The van der Waals surface area contributed by atoms with E-state index in [1.807, 2.05) is 47.4 Å². The van der Waals surface area contributed by atoms with Crippen molar-refractivity contribution in [3.05, 3.63) is 71.7 Å². The van der Waals surface area contributed by atoms with E-state index in [4.69, 9.17) is 0 Å². The van der Waals surface area contributed by atoms with Crippen molar-refractivity contribution in [2.24, 2.45) is 20.5 Å². The zero-order valence-electron chi connectivity index (χ0n) is 22.1. The van der Waals surface area contributed by atoms with Gasteiger partial charge in [-0.2, -0.15) is 0 Å². The molecule has 0 radical (unpaired) electrons. The molecule has 0 atom stereocenters. The average molecular weight is 695 g/mol. The van der Waals surface area contributed by atoms with Crippen molar-refractivity contribution >= 4 is 55.7 Å². The smallest absolute Gasteiger partial charge is 0.408 e. The summed E-state index contributed by atoms with van der Waals surface area (Å²) in [4.78, 5) is 0. The van der Waals surface area contributed by atoms with Gasteiger partial charge in [-0.15, -0.1) is 0 Å². The molecular weight excluding hydrogens is 660 g/mol. The van der Waals surface area contributed by atoms with E-state index >= 15 is 0 Å². The van der Waals surface area contributed by atoms with Crippen LogP contribution in [0.25, 0.3) is 0 Å². The number of benzene rings is 2. The van der Waals surface area contributed by atoms with Crippen LogP contribution in [0.3, 0.4) is 0 Å². The lowest BCUT2D eigenvalue weighted by atomic mass is 10.2. The van der Waals surface area contributed by atoms with Gasteiger partial charge in [0.1, 0.15) is 23.8 Å². The first-order chi connectivity index (χ1) is 18.2. The van der Waals surface area contributed by atoms with E-state index < -0.39 is 0 Å². The number of unbranched alkanes of at least 4 members (excludes halogenated alkanes) is 2. The fourth-order valence-electron chi connectivity index (χ4n) is 3.62. The summed E-state index contributed by atoms with van der Waals surface area (Å²) < 4.78 is 4.16. The van der Waals surface area contributed by atoms with Crippen molar-refractivity contribution in [3.8, 4) is 0 Å². The third-order valence-electron chi connectivity index (χ3n) is 5.75. The Balaban J connectivity index is 0.00000267. The van der Waals surface area contributed by atoms with E-state index in [1.54, 1.807) is 22.7 Å². The normalized spacial score (nSPS) is 10.9. The lowest BCUT2D eigenvalue weighted by Gasteiger charge is -2.08. The number of azo groups is 2. The minimum absolute atomic E-state index is 0. The highest BCUT2D eigenvalue weighted by molar-refractivity contribution is 7.13. The molecule has 2 heterocycles. The first kappa shape index (κ1) is 32.7. The number of aryl methyl sites for hydroxylation is 2. The fourth-order valence-corrected chi connectivity index (χ4v) is 5.11. The Kier molecular flexibility index (Phi) is 15.0. The highest BCUT2D eigenvalue weighted by Crippen LogP contribution is 2.22. The third kappa shape index (κ3) is 10.5. The lowest BCUT2D eigenvalue weighted by molar-refractivity contribution is -0.677. The van der Waals surface area contributed by atoms with Crippen LogP contribution in [0.5, 0.6) is 0 Å². The van der Waals surface area contributed by atoms with Crippen LogP contribution in [0.15, 0.2) is 92.1 Å². The van der Waals surface area contributed by atoms with Gasteiger partial charge in [0.05, 0.1) is 23.3 Å². The summed E-state index contributed by atoms with van der Waals surface area (Å²) in [5.74, 6) is 0. The van der Waals surface area contributed by atoms with E-state index in [9.17, 15) is 0 Å². The predicted octanol–water partition coefficient (Wildman–Crippen LogP) is 1.96. The molecule has 0 fully saturated rings. The summed E-state index contributed by atoms with van der Waals surface area (Å²) in [6, 6.07) is 16.2. The van der Waals surface area contributed by atoms with Gasteiger partial charge < -0.3 is 44.6 Å². The van der Waals surface area contributed by atoms with Gasteiger partial charge in [-0.05, 0) is 115 Å². The van der Waals surface area contributed by atoms with E-state index in [0.717, 1.165) is 78.5 Å². The van der Waals surface area contributed by atoms with Crippen LogP contribution in [0, 0.1) is 0 Å². The number of rotatable bonds is 14. The van der Waals surface area contributed by atoms with Crippen molar-refractivity contribution in [1.29, 1.82) is 0 Å². The Labute approximate surface area is 259 Å². The molecular formula is C27H34Br2N8S2. The maximum absolute atomic E-state index is 4.36. The van der Waals surface area contributed by atoms with E-state index in [1.165, 1.54) is 0 Å². The van der Waals surface area contributed by atoms with Crippen LogP contribution < -0.4 is 53.7 Å². The van der Waals surface area contributed by atoms with Crippen LogP contribution >= 0.6 is 22.7 Å². The molecule has 2 aromatic carbocycles. The number of nitrogens with one attached hydrogen (secondary N) is 2. The Hall–Kier alpha value is -2.54. The first-order valence-electron chi connectivity index (χ1n) is 12.7. The molecule has 2 N–H and O–H groups in total. The zero-order valence-corrected chi connectivity index (χ0v) is 26.9. The fraction of sp³-hybridized carbons (Fsp3) is 0.333. The van der Waals surface area contributed by atoms with Gasteiger partial charge in [-0.25, -0.2) is 9.13 Å². The standard InChI is InChI=1S/C27H32N8S2.2BrH/c1-3-34-18-20-36-26(34)32-30-24-12-8-22(9-13-24)28-16-6-5-7-17-29-23-10-14-25(15-11-23)31-33-27-35(4-2)19-21-37-27;;/h8-15,18-21H,3-7,16-17H2,1-2H3;2*1H. The predicted molar refractivity (Wildman–Crippen MR) is 152 cm³/mol. The molecule has 0 aliphatic carbocycles. The van der Waals surface area contributed by atoms with E-state index in [0.29, 0.717) is 0 Å². The highest BCUT2D eigenvalue weighted by atomic mass is 79.9. The molecule has 0 spiro atoms. The van der Waals surface area contributed by atoms with Crippen molar-refractivity contribution in [3.63, 3.8) is 0 Å². The van der Waals surface area contributed by atoms with Gasteiger partial charge in [0.15, 0.2) is 0 Å². The van der Waals surface area contributed by atoms with Crippen LogP contribution in [0.1, 0.15) is 33.1 Å². The molecule has 0 aliphatic heterocycles. The topological polar surface area (TPSA) is 81.3 Å². The molecule has 4 aromatic rings. The zero-order chi connectivity index (χ0) is 25.7. The monoisotopic (exact) mass is 692 g/mol. The summed E-state index contributed by atoms with van der Waals surface area (Å²) in [6.07, 6.45) is 7.47. The highest BCUT2D eigenvalue weighted by Gasteiger charge is 2.10. The quantitative estimate of drug-likeness (QED) is 0.120. The molecule has 0 amide bonds. The van der Waals surface area contributed by atoms with E-state index in [-0.39, 0.29) is 34.0 Å². The van der Waals surface area contributed by atoms with Crippen LogP contribution in [0.4, 0.5) is 33.0 Å². The largest absolute Gasteiger partial charge is 1.00 e.